The fraction of sp³-hybridized carbons (Fsp3) is 0.615. The van der Waals surface area contributed by atoms with Crippen LogP contribution in [0.1, 0.15) is 25.7 Å². The van der Waals surface area contributed by atoms with Crippen LogP contribution in [0.4, 0.5) is 13.2 Å². The van der Waals surface area contributed by atoms with Crippen molar-refractivity contribution < 1.29 is 18.3 Å². The van der Waals surface area contributed by atoms with Gasteiger partial charge in [-0.25, -0.2) is 9.78 Å². The average molecular weight is 332 g/mol. The lowest BCUT2D eigenvalue weighted by Gasteiger charge is -2.37. The number of nitrogens with zero attached hydrogens (tertiary/aromatic N) is 2. The van der Waals surface area contributed by atoms with Gasteiger partial charge in [-0.05, 0) is 31.6 Å². The lowest BCUT2D eigenvalue weighted by Crippen LogP contribution is -2.48. The molecule has 23 heavy (non-hydrogen) atoms. The summed E-state index contributed by atoms with van der Waals surface area (Å²) in [6.45, 7) is 0.0110. The molecule has 0 aromatic carbocycles. The predicted molar refractivity (Wildman–Crippen MR) is 73.9 cm³/mol. The van der Waals surface area contributed by atoms with Gasteiger partial charge in [0.1, 0.15) is 5.52 Å². The zero-order valence-electron chi connectivity index (χ0n) is 12.0. The van der Waals surface area contributed by atoms with Crippen molar-refractivity contribution >= 4 is 11.2 Å². The van der Waals surface area contributed by atoms with Gasteiger partial charge in [0.25, 0.3) is 5.56 Å². The highest BCUT2D eigenvalue weighted by atomic mass is 19.4. The molecule has 0 amide bonds. The smallest absolute Gasteiger partial charge is 0.380 e. The molecule has 3 rings (SSSR count). The molecular weight excluding hydrogens is 317 g/mol. The Morgan fingerprint density at radius 3 is 2.61 bits per heavy atom. The Kier molecular flexibility index (Phi) is 3.58. The van der Waals surface area contributed by atoms with Gasteiger partial charge in [0.2, 0.25) is 0 Å². The molecule has 2 aromatic heterocycles. The lowest BCUT2D eigenvalue weighted by molar-refractivity contribution is -0.272. The van der Waals surface area contributed by atoms with Crippen LogP contribution in [0, 0.1) is 5.92 Å². The molecule has 2 aromatic rings. The van der Waals surface area contributed by atoms with Crippen LogP contribution in [0.15, 0.2) is 15.9 Å². The molecule has 2 heterocycles. The van der Waals surface area contributed by atoms with E-state index in [4.69, 9.17) is 0 Å². The highest BCUT2D eigenvalue weighted by Gasteiger charge is 2.54. The van der Waals surface area contributed by atoms with E-state index in [2.05, 4.69) is 15.0 Å². The number of aliphatic hydroxyl groups is 1. The Labute approximate surface area is 127 Å². The van der Waals surface area contributed by atoms with Crippen LogP contribution in [-0.2, 0) is 6.54 Å². The van der Waals surface area contributed by atoms with Crippen LogP contribution < -0.4 is 11.2 Å². The summed E-state index contributed by atoms with van der Waals surface area (Å²) in [5, 5.41) is 9.64. The number of hydrogen-bond acceptors (Lipinski definition) is 4. The number of rotatable bonds is 2. The van der Waals surface area contributed by atoms with Gasteiger partial charge in [0, 0.05) is 6.54 Å². The maximum atomic E-state index is 12.8. The van der Waals surface area contributed by atoms with Crippen molar-refractivity contribution in [3.05, 3.63) is 27.2 Å². The Morgan fingerprint density at radius 1 is 1.35 bits per heavy atom. The third kappa shape index (κ3) is 2.67. The van der Waals surface area contributed by atoms with E-state index in [1.54, 1.807) is 0 Å². The van der Waals surface area contributed by atoms with Crippen LogP contribution in [0.2, 0.25) is 0 Å². The van der Waals surface area contributed by atoms with Gasteiger partial charge < -0.3 is 10.1 Å². The van der Waals surface area contributed by atoms with Gasteiger partial charge in [-0.1, -0.05) is 0 Å². The van der Waals surface area contributed by atoms with E-state index in [-0.39, 0.29) is 36.5 Å². The average Bonchev–Trinajstić information content (AvgIpc) is 2.92. The molecular formula is C13H15F3N4O3. The monoisotopic (exact) mass is 332 g/mol. The molecule has 0 atom stereocenters. The third-order valence-corrected chi connectivity index (χ3v) is 4.47. The van der Waals surface area contributed by atoms with Crippen LogP contribution in [-0.4, -0.2) is 36.4 Å². The molecule has 1 fully saturated rings. The van der Waals surface area contributed by atoms with E-state index in [0.717, 1.165) is 4.57 Å². The van der Waals surface area contributed by atoms with Gasteiger partial charge in [-0.15, -0.1) is 0 Å². The van der Waals surface area contributed by atoms with E-state index in [0.29, 0.717) is 0 Å². The molecule has 126 valence electrons. The normalized spacial score (nSPS) is 25.8. The third-order valence-electron chi connectivity index (χ3n) is 4.47. The first-order valence-electron chi connectivity index (χ1n) is 7.16. The van der Waals surface area contributed by atoms with Crippen molar-refractivity contribution in [2.24, 2.45) is 5.92 Å². The summed E-state index contributed by atoms with van der Waals surface area (Å²) in [6, 6.07) is 0. The molecule has 0 unspecified atom stereocenters. The van der Waals surface area contributed by atoms with Gasteiger partial charge in [-0.2, -0.15) is 13.2 Å². The fourth-order valence-corrected chi connectivity index (χ4v) is 2.99. The highest BCUT2D eigenvalue weighted by molar-refractivity contribution is 5.67. The number of hydrogen-bond donors (Lipinski definition) is 3. The molecule has 0 aliphatic heterocycles. The standard InChI is InChI=1S/C13H15F3N4O3/c14-13(15,16)12(23)3-1-7(2-4-12)5-20-10(21)8-9(18-6-17-8)19-11(20)22/h6-7,23H,1-5H2,(H,17,18)(H,19,22). The first-order valence-corrected chi connectivity index (χ1v) is 7.16. The van der Waals surface area contributed by atoms with Crippen molar-refractivity contribution in [2.75, 3.05) is 0 Å². The molecule has 3 N–H and O–H groups in total. The van der Waals surface area contributed by atoms with Crippen molar-refractivity contribution in [3.63, 3.8) is 0 Å². The maximum Gasteiger partial charge on any atom is 0.417 e. The number of nitrogens with one attached hydrogen (secondary N) is 2. The zero-order valence-corrected chi connectivity index (χ0v) is 12.0. The number of fused-ring (bicyclic) bond motifs is 1. The van der Waals surface area contributed by atoms with Gasteiger partial charge in [-0.3, -0.25) is 14.3 Å². The molecule has 10 heteroatoms. The number of aromatic amines is 2. The summed E-state index contributed by atoms with van der Waals surface area (Å²) in [7, 11) is 0. The summed E-state index contributed by atoms with van der Waals surface area (Å²) in [5.41, 5.74) is -3.59. The molecule has 1 aliphatic carbocycles. The molecule has 1 aliphatic rings. The van der Waals surface area contributed by atoms with E-state index in [1.165, 1.54) is 6.33 Å². The molecule has 0 spiro atoms. The minimum atomic E-state index is -4.67. The fourth-order valence-electron chi connectivity index (χ4n) is 2.99. The summed E-state index contributed by atoms with van der Waals surface area (Å²) in [4.78, 5) is 33.0. The van der Waals surface area contributed by atoms with Crippen LogP contribution in [0.3, 0.4) is 0 Å². The lowest BCUT2D eigenvalue weighted by atomic mass is 9.78. The van der Waals surface area contributed by atoms with E-state index >= 15 is 0 Å². The molecule has 0 saturated heterocycles. The number of alkyl halides is 3. The first-order chi connectivity index (χ1) is 10.7. The van der Waals surface area contributed by atoms with Crippen molar-refractivity contribution in [1.82, 2.24) is 19.5 Å². The van der Waals surface area contributed by atoms with E-state index in [1.807, 2.05) is 0 Å². The number of halogens is 3. The number of aromatic nitrogens is 4. The predicted octanol–water partition coefficient (Wildman–Crippen LogP) is 0.896. The Hall–Kier alpha value is -2.10. The maximum absolute atomic E-state index is 12.8. The van der Waals surface area contributed by atoms with Crippen LogP contribution in [0.5, 0.6) is 0 Å². The highest BCUT2D eigenvalue weighted by Crippen LogP contribution is 2.43. The SMILES string of the molecule is O=c1[nH]c2nc[nH]c2c(=O)n1CC1CCC(O)(C(F)(F)F)CC1. The van der Waals surface area contributed by atoms with E-state index in [9.17, 15) is 27.9 Å². The minimum absolute atomic E-state index is 0.0110. The molecule has 0 bridgehead atoms. The van der Waals surface area contributed by atoms with Crippen LogP contribution in [0.25, 0.3) is 11.2 Å². The number of H-pyrrole nitrogens is 2. The second-order valence-electron chi connectivity index (χ2n) is 5.94. The van der Waals surface area contributed by atoms with E-state index < -0.39 is 35.9 Å². The van der Waals surface area contributed by atoms with Gasteiger partial charge in [0.15, 0.2) is 11.2 Å². The van der Waals surface area contributed by atoms with Crippen molar-refractivity contribution in [2.45, 2.75) is 44.0 Å². The Balaban J connectivity index is 1.80. The molecule has 7 nitrogen and oxygen atoms in total. The summed E-state index contributed by atoms with van der Waals surface area (Å²) < 4.78 is 39.3. The Morgan fingerprint density at radius 2 is 2.00 bits per heavy atom. The second kappa shape index (κ2) is 5.22. The minimum Gasteiger partial charge on any atom is -0.380 e. The summed E-state index contributed by atoms with van der Waals surface area (Å²) in [6.07, 6.45) is -4.08. The van der Waals surface area contributed by atoms with Crippen molar-refractivity contribution in [1.29, 1.82) is 0 Å². The summed E-state index contributed by atoms with van der Waals surface area (Å²) in [5.74, 6) is -0.281. The largest absolute Gasteiger partial charge is 0.417 e. The quantitative estimate of drug-likeness (QED) is 0.760. The van der Waals surface area contributed by atoms with Crippen molar-refractivity contribution in [3.8, 4) is 0 Å². The molecule has 1 saturated carbocycles. The van der Waals surface area contributed by atoms with Gasteiger partial charge in [0.05, 0.1) is 6.33 Å². The second-order valence-corrected chi connectivity index (χ2v) is 5.94. The topological polar surface area (TPSA) is 104 Å². The summed E-state index contributed by atoms with van der Waals surface area (Å²) >= 11 is 0. The first kappa shape index (κ1) is 15.8. The molecule has 0 radical (unpaired) electrons. The van der Waals surface area contributed by atoms with Crippen LogP contribution >= 0.6 is 0 Å². The number of imidazole rings is 1. The zero-order chi connectivity index (χ0) is 16.8. The van der Waals surface area contributed by atoms with Gasteiger partial charge >= 0.3 is 11.9 Å². The Bertz CT molecular complexity index is 827.